The number of thiazole rings is 1. The maximum Gasteiger partial charge on any atom is 0.407 e. The molecule has 1 atom stereocenters. The minimum absolute atomic E-state index is 0.161. The molecule has 1 amide bonds. The van der Waals surface area contributed by atoms with Crippen LogP contribution >= 0.6 is 11.3 Å². The summed E-state index contributed by atoms with van der Waals surface area (Å²) in [5, 5.41) is 11.0. The van der Waals surface area contributed by atoms with Crippen LogP contribution in [0.1, 0.15) is 17.9 Å². The summed E-state index contributed by atoms with van der Waals surface area (Å²) in [6.45, 7) is 1.08. The van der Waals surface area contributed by atoms with Gasteiger partial charge in [0.25, 0.3) is 0 Å². The third-order valence-corrected chi connectivity index (χ3v) is 4.31. The zero-order valence-corrected chi connectivity index (χ0v) is 12.5. The Morgan fingerprint density at radius 2 is 2.43 bits per heavy atom. The molecule has 5 nitrogen and oxygen atoms in total. The van der Waals surface area contributed by atoms with Crippen molar-refractivity contribution in [1.29, 1.82) is 0 Å². The number of hydrogen-bond donors (Lipinski definition) is 1. The number of carboxylic acid groups (broad SMARTS) is 1. The minimum atomic E-state index is -0.904. The number of fused-ring (bicyclic) bond motifs is 1. The third kappa shape index (κ3) is 2.71. The van der Waals surface area contributed by atoms with E-state index in [0.29, 0.717) is 13.2 Å². The highest BCUT2D eigenvalue weighted by Crippen LogP contribution is 2.41. The molecule has 0 saturated carbocycles. The molecule has 0 spiro atoms. The molecule has 2 heterocycles. The van der Waals surface area contributed by atoms with Gasteiger partial charge < -0.3 is 14.7 Å². The lowest BCUT2D eigenvalue weighted by molar-refractivity contribution is 0.149. The summed E-state index contributed by atoms with van der Waals surface area (Å²) in [7, 11) is 1.60. The van der Waals surface area contributed by atoms with Gasteiger partial charge in [-0.25, -0.2) is 9.78 Å². The zero-order valence-electron chi connectivity index (χ0n) is 11.7. The van der Waals surface area contributed by atoms with Gasteiger partial charge in [0, 0.05) is 30.5 Å². The van der Waals surface area contributed by atoms with E-state index < -0.39 is 6.09 Å². The second kappa shape index (κ2) is 5.73. The number of para-hydroxylation sites is 1. The molecule has 0 aliphatic carbocycles. The van der Waals surface area contributed by atoms with Gasteiger partial charge >= 0.3 is 6.09 Å². The van der Waals surface area contributed by atoms with E-state index in [2.05, 4.69) is 4.98 Å². The average molecular weight is 304 g/mol. The van der Waals surface area contributed by atoms with E-state index in [9.17, 15) is 4.79 Å². The number of likely N-dealkylation sites (N-methyl/N-ethyl adjacent to an activating group) is 1. The molecule has 0 fully saturated rings. The van der Waals surface area contributed by atoms with Crippen LogP contribution in [0, 0.1) is 0 Å². The number of rotatable bonds is 3. The lowest BCUT2D eigenvalue weighted by Gasteiger charge is -2.29. The molecule has 2 aromatic rings. The van der Waals surface area contributed by atoms with E-state index >= 15 is 0 Å². The van der Waals surface area contributed by atoms with E-state index in [1.165, 1.54) is 4.90 Å². The van der Waals surface area contributed by atoms with Gasteiger partial charge in [-0.05, 0) is 18.1 Å². The predicted octanol–water partition coefficient (Wildman–Crippen LogP) is 3.29. The first-order valence-electron chi connectivity index (χ1n) is 6.75. The Morgan fingerprint density at radius 1 is 1.57 bits per heavy atom. The fraction of sp³-hybridized carbons (Fsp3) is 0.333. The minimum Gasteiger partial charge on any atom is -0.493 e. The van der Waals surface area contributed by atoms with Crippen molar-refractivity contribution in [3.05, 3.63) is 34.7 Å². The van der Waals surface area contributed by atoms with Gasteiger partial charge in [-0.2, -0.15) is 0 Å². The van der Waals surface area contributed by atoms with Gasteiger partial charge in [-0.1, -0.05) is 12.1 Å². The molecule has 0 bridgehead atoms. The Balaban J connectivity index is 1.95. The molecule has 3 rings (SSSR count). The van der Waals surface area contributed by atoms with Crippen molar-refractivity contribution in [2.45, 2.75) is 12.3 Å². The number of carbonyl (C=O) groups is 1. The van der Waals surface area contributed by atoms with Crippen molar-refractivity contribution in [2.75, 3.05) is 20.2 Å². The van der Waals surface area contributed by atoms with Crippen LogP contribution < -0.4 is 4.74 Å². The topological polar surface area (TPSA) is 62.7 Å². The Kier molecular flexibility index (Phi) is 3.79. The Labute approximate surface area is 126 Å². The van der Waals surface area contributed by atoms with Crippen LogP contribution in [0.4, 0.5) is 4.79 Å². The molecule has 0 radical (unpaired) electrons. The Morgan fingerprint density at radius 3 is 3.14 bits per heavy atom. The van der Waals surface area contributed by atoms with Crippen LogP contribution in [-0.2, 0) is 0 Å². The molecule has 21 heavy (non-hydrogen) atoms. The van der Waals surface area contributed by atoms with Crippen LogP contribution in [0.15, 0.2) is 29.1 Å². The molecular formula is C15H16N2O3S. The van der Waals surface area contributed by atoms with Crippen LogP contribution in [0.25, 0.3) is 11.3 Å². The highest BCUT2D eigenvalue weighted by Gasteiger charge is 2.26. The van der Waals surface area contributed by atoms with Crippen LogP contribution in [-0.4, -0.2) is 41.3 Å². The fourth-order valence-corrected chi connectivity index (χ4v) is 3.19. The monoisotopic (exact) mass is 304 g/mol. The number of hydrogen-bond acceptors (Lipinski definition) is 4. The number of nitrogens with zero attached hydrogens (tertiary/aromatic N) is 2. The molecular weight excluding hydrogens is 288 g/mol. The second-order valence-corrected chi connectivity index (χ2v) is 5.81. The molecule has 0 unspecified atom stereocenters. The predicted molar refractivity (Wildman–Crippen MR) is 81.1 cm³/mol. The normalized spacial score (nSPS) is 16.9. The standard InChI is InChI=1S/C15H16N2O3S/c1-17(15(18)19)7-10-5-6-20-14-11(10)3-2-4-12(14)13-8-21-9-16-13/h2-4,8-10H,5-7H2,1H3,(H,18,19)/t10-/m0/s1. The summed E-state index contributed by atoms with van der Waals surface area (Å²) in [6.07, 6.45) is -0.0794. The number of benzene rings is 1. The van der Waals surface area contributed by atoms with Crippen molar-refractivity contribution in [3.8, 4) is 17.0 Å². The van der Waals surface area contributed by atoms with Gasteiger partial charge in [0.1, 0.15) is 5.75 Å². The summed E-state index contributed by atoms with van der Waals surface area (Å²) in [6, 6.07) is 6.00. The van der Waals surface area contributed by atoms with Crippen molar-refractivity contribution in [2.24, 2.45) is 0 Å². The molecule has 1 N–H and O–H groups in total. The number of amides is 1. The fourth-order valence-electron chi connectivity index (χ4n) is 2.64. The van der Waals surface area contributed by atoms with Gasteiger partial charge in [-0.15, -0.1) is 11.3 Å². The van der Waals surface area contributed by atoms with Crippen molar-refractivity contribution < 1.29 is 14.6 Å². The van der Waals surface area contributed by atoms with Gasteiger partial charge in [0.2, 0.25) is 0 Å². The highest BCUT2D eigenvalue weighted by atomic mass is 32.1. The summed E-state index contributed by atoms with van der Waals surface area (Å²) in [5.41, 5.74) is 4.76. The smallest absolute Gasteiger partial charge is 0.407 e. The summed E-state index contributed by atoms with van der Waals surface area (Å²) in [4.78, 5) is 16.7. The van der Waals surface area contributed by atoms with Crippen molar-refractivity contribution >= 4 is 17.4 Å². The molecule has 1 aliphatic rings. The van der Waals surface area contributed by atoms with Crippen molar-refractivity contribution in [1.82, 2.24) is 9.88 Å². The summed E-state index contributed by atoms with van der Waals surface area (Å²) < 4.78 is 5.85. The first kappa shape index (κ1) is 13.9. The Hall–Kier alpha value is -2.08. The van der Waals surface area contributed by atoms with Gasteiger partial charge in [-0.3, -0.25) is 0 Å². The summed E-state index contributed by atoms with van der Waals surface area (Å²) in [5.74, 6) is 1.01. The maximum atomic E-state index is 11.0. The first-order chi connectivity index (χ1) is 10.2. The lowest BCUT2D eigenvalue weighted by Crippen LogP contribution is -2.31. The van der Waals surface area contributed by atoms with Crippen LogP contribution in [0.3, 0.4) is 0 Å². The summed E-state index contributed by atoms with van der Waals surface area (Å²) >= 11 is 1.55. The van der Waals surface area contributed by atoms with Gasteiger partial charge in [0.15, 0.2) is 0 Å². The third-order valence-electron chi connectivity index (χ3n) is 3.73. The maximum absolute atomic E-state index is 11.0. The first-order valence-corrected chi connectivity index (χ1v) is 7.69. The van der Waals surface area contributed by atoms with E-state index in [0.717, 1.165) is 29.0 Å². The van der Waals surface area contributed by atoms with E-state index in [4.69, 9.17) is 9.84 Å². The number of aromatic nitrogens is 1. The molecule has 110 valence electrons. The van der Waals surface area contributed by atoms with Gasteiger partial charge in [0.05, 0.1) is 17.8 Å². The van der Waals surface area contributed by atoms with E-state index in [1.54, 1.807) is 23.9 Å². The lowest BCUT2D eigenvalue weighted by atomic mass is 9.90. The molecule has 1 aliphatic heterocycles. The zero-order chi connectivity index (χ0) is 14.8. The molecule has 0 saturated heterocycles. The SMILES string of the molecule is CN(C[C@@H]1CCOc2c(-c3cscn3)cccc21)C(=O)O. The van der Waals surface area contributed by atoms with Crippen LogP contribution in [0.2, 0.25) is 0 Å². The van der Waals surface area contributed by atoms with E-state index in [-0.39, 0.29) is 5.92 Å². The average Bonchev–Trinajstić information content (AvgIpc) is 3.01. The number of ether oxygens (including phenoxy) is 1. The molecule has 6 heteroatoms. The highest BCUT2D eigenvalue weighted by molar-refractivity contribution is 7.07. The quantitative estimate of drug-likeness (QED) is 0.945. The van der Waals surface area contributed by atoms with E-state index in [1.807, 2.05) is 23.6 Å². The van der Waals surface area contributed by atoms with Crippen molar-refractivity contribution in [3.63, 3.8) is 0 Å². The Bertz CT molecular complexity index is 642. The second-order valence-electron chi connectivity index (χ2n) is 5.09. The molecule has 1 aromatic heterocycles. The molecule has 1 aromatic carbocycles. The van der Waals surface area contributed by atoms with Crippen LogP contribution in [0.5, 0.6) is 5.75 Å². The largest absolute Gasteiger partial charge is 0.493 e.